The third-order valence-corrected chi connectivity index (χ3v) is 2.83. The number of carbonyl (C=O) groups excluding carboxylic acids is 1. The number of ketones is 1. The van der Waals surface area contributed by atoms with Gasteiger partial charge in [0.25, 0.3) is 0 Å². The molecular weight excluding hydrogens is 237 g/mol. The van der Waals surface area contributed by atoms with Gasteiger partial charge in [-0.3, -0.25) is 4.79 Å². The number of rotatable bonds is 4. The van der Waals surface area contributed by atoms with Crippen molar-refractivity contribution in [3.8, 4) is 11.5 Å². The van der Waals surface area contributed by atoms with Gasteiger partial charge in [0, 0.05) is 6.42 Å². The van der Waals surface area contributed by atoms with Crippen LogP contribution in [-0.4, -0.2) is 19.1 Å². The van der Waals surface area contributed by atoms with E-state index < -0.39 is 5.67 Å². The minimum Gasteiger partial charge on any atom is -0.454 e. The van der Waals surface area contributed by atoms with E-state index in [0.717, 1.165) is 0 Å². The van der Waals surface area contributed by atoms with Crippen LogP contribution in [0.2, 0.25) is 0 Å². The highest BCUT2D eigenvalue weighted by molar-refractivity contribution is 6.00. The second-order valence-corrected chi connectivity index (χ2v) is 4.69. The van der Waals surface area contributed by atoms with Gasteiger partial charge in [0.15, 0.2) is 17.3 Å². The SMILES string of the molecule is CC(C)(F)c1cc2c(c(C(=O)CCN)c1)OCO2. The van der Waals surface area contributed by atoms with Crippen LogP contribution in [0.4, 0.5) is 4.39 Å². The molecule has 0 saturated carbocycles. The summed E-state index contributed by atoms with van der Waals surface area (Å²) in [5, 5.41) is 0. The van der Waals surface area contributed by atoms with Crippen LogP contribution in [0.25, 0.3) is 0 Å². The molecule has 1 aliphatic heterocycles. The molecule has 2 rings (SSSR count). The fourth-order valence-electron chi connectivity index (χ4n) is 1.83. The van der Waals surface area contributed by atoms with Gasteiger partial charge in [-0.25, -0.2) is 4.39 Å². The summed E-state index contributed by atoms with van der Waals surface area (Å²) in [6.45, 7) is 3.16. The van der Waals surface area contributed by atoms with Crippen molar-refractivity contribution < 1.29 is 18.7 Å². The summed E-state index contributed by atoms with van der Waals surface area (Å²) in [6, 6.07) is 3.09. The lowest BCUT2D eigenvalue weighted by Crippen LogP contribution is -2.13. The van der Waals surface area contributed by atoms with Crippen LogP contribution in [0.15, 0.2) is 12.1 Å². The zero-order valence-corrected chi connectivity index (χ0v) is 10.5. The highest BCUT2D eigenvalue weighted by atomic mass is 19.1. The lowest BCUT2D eigenvalue weighted by molar-refractivity contribution is 0.0980. The van der Waals surface area contributed by atoms with Crippen LogP contribution in [0.5, 0.6) is 11.5 Å². The molecule has 0 radical (unpaired) electrons. The van der Waals surface area contributed by atoms with E-state index in [0.29, 0.717) is 22.6 Å². The standard InChI is InChI=1S/C13H16FNO3/c1-13(2,14)8-5-9(10(16)3-4-15)12-11(6-8)17-7-18-12/h5-6H,3-4,7,15H2,1-2H3. The lowest BCUT2D eigenvalue weighted by atomic mass is 9.95. The van der Waals surface area contributed by atoms with Crippen LogP contribution in [-0.2, 0) is 5.67 Å². The number of benzene rings is 1. The minimum atomic E-state index is -1.54. The summed E-state index contributed by atoms with van der Waals surface area (Å²) >= 11 is 0. The number of Topliss-reactive ketones (excluding diaryl/α,β-unsaturated/α-hetero) is 1. The molecule has 18 heavy (non-hydrogen) atoms. The van der Waals surface area contributed by atoms with E-state index in [9.17, 15) is 9.18 Å². The summed E-state index contributed by atoms with van der Waals surface area (Å²) in [5.74, 6) is 0.644. The zero-order valence-electron chi connectivity index (χ0n) is 10.5. The maximum atomic E-state index is 14.0. The van der Waals surface area contributed by atoms with Gasteiger partial charge in [0.2, 0.25) is 6.79 Å². The first-order valence-electron chi connectivity index (χ1n) is 5.80. The topological polar surface area (TPSA) is 61.6 Å². The van der Waals surface area contributed by atoms with Crippen molar-refractivity contribution in [3.63, 3.8) is 0 Å². The summed E-state index contributed by atoms with van der Waals surface area (Å²) in [6.07, 6.45) is 0.200. The van der Waals surface area contributed by atoms with Gasteiger partial charge in [0.05, 0.1) is 5.56 Å². The quantitative estimate of drug-likeness (QED) is 0.835. The number of hydrogen-bond acceptors (Lipinski definition) is 4. The van der Waals surface area contributed by atoms with E-state index in [1.54, 1.807) is 6.07 Å². The number of halogens is 1. The molecule has 0 amide bonds. The summed E-state index contributed by atoms with van der Waals surface area (Å²) in [7, 11) is 0. The number of hydrogen-bond donors (Lipinski definition) is 1. The largest absolute Gasteiger partial charge is 0.454 e. The molecule has 4 nitrogen and oxygen atoms in total. The van der Waals surface area contributed by atoms with Crippen molar-refractivity contribution >= 4 is 5.78 Å². The molecule has 1 aromatic carbocycles. The van der Waals surface area contributed by atoms with E-state index in [-0.39, 0.29) is 25.5 Å². The van der Waals surface area contributed by atoms with Crippen molar-refractivity contribution in [3.05, 3.63) is 23.3 Å². The Morgan fingerprint density at radius 1 is 1.44 bits per heavy atom. The Balaban J connectivity index is 2.50. The van der Waals surface area contributed by atoms with Gasteiger partial charge in [-0.05, 0) is 38.1 Å². The van der Waals surface area contributed by atoms with Gasteiger partial charge in [-0.15, -0.1) is 0 Å². The maximum absolute atomic E-state index is 14.0. The van der Waals surface area contributed by atoms with Crippen molar-refractivity contribution in [2.45, 2.75) is 25.9 Å². The number of carbonyl (C=O) groups is 1. The Kier molecular flexibility index (Phi) is 3.26. The molecular formula is C13H16FNO3. The van der Waals surface area contributed by atoms with Gasteiger partial charge < -0.3 is 15.2 Å². The number of alkyl halides is 1. The predicted octanol–water partition coefficient (Wildman–Crippen LogP) is 2.15. The molecule has 1 heterocycles. The fourth-order valence-corrected chi connectivity index (χ4v) is 1.83. The lowest BCUT2D eigenvalue weighted by Gasteiger charge is -2.16. The van der Waals surface area contributed by atoms with Crippen LogP contribution >= 0.6 is 0 Å². The minimum absolute atomic E-state index is 0.0500. The Morgan fingerprint density at radius 2 is 2.17 bits per heavy atom. The van der Waals surface area contributed by atoms with Crippen molar-refractivity contribution in [1.82, 2.24) is 0 Å². The molecule has 5 heteroatoms. The normalized spacial score (nSPS) is 13.8. The van der Waals surface area contributed by atoms with Crippen LogP contribution in [0.3, 0.4) is 0 Å². The third-order valence-electron chi connectivity index (χ3n) is 2.83. The molecule has 98 valence electrons. The second kappa shape index (κ2) is 4.57. The average Bonchev–Trinajstić information content (AvgIpc) is 2.74. The first-order valence-corrected chi connectivity index (χ1v) is 5.80. The molecule has 0 unspecified atom stereocenters. The molecule has 1 aliphatic rings. The second-order valence-electron chi connectivity index (χ2n) is 4.69. The summed E-state index contributed by atoms with van der Waals surface area (Å²) in [4.78, 5) is 11.9. The van der Waals surface area contributed by atoms with E-state index in [1.807, 2.05) is 0 Å². The van der Waals surface area contributed by atoms with Gasteiger partial charge >= 0.3 is 0 Å². The number of ether oxygens (including phenoxy) is 2. The third kappa shape index (κ3) is 2.31. The number of fused-ring (bicyclic) bond motifs is 1. The predicted molar refractivity (Wildman–Crippen MR) is 64.7 cm³/mol. The molecule has 0 aromatic heterocycles. The van der Waals surface area contributed by atoms with Gasteiger partial charge in [0.1, 0.15) is 5.67 Å². The molecule has 0 aliphatic carbocycles. The highest BCUT2D eigenvalue weighted by Gasteiger charge is 2.28. The van der Waals surface area contributed by atoms with Crippen molar-refractivity contribution in [1.29, 1.82) is 0 Å². The molecule has 2 N–H and O–H groups in total. The number of nitrogens with two attached hydrogens (primary N) is 1. The molecule has 0 atom stereocenters. The van der Waals surface area contributed by atoms with Crippen LogP contribution in [0, 0.1) is 0 Å². The van der Waals surface area contributed by atoms with Crippen LogP contribution < -0.4 is 15.2 Å². The summed E-state index contributed by atoms with van der Waals surface area (Å²) < 4.78 is 24.5. The van der Waals surface area contributed by atoms with Gasteiger partial charge in [-0.2, -0.15) is 0 Å². The van der Waals surface area contributed by atoms with E-state index in [2.05, 4.69) is 0 Å². The van der Waals surface area contributed by atoms with E-state index in [1.165, 1.54) is 19.9 Å². The smallest absolute Gasteiger partial charge is 0.231 e. The Morgan fingerprint density at radius 3 is 2.78 bits per heavy atom. The molecule has 1 aromatic rings. The average molecular weight is 253 g/mol. The molecule has 0 bridgehead atoms. The summed E-state index contributed by atoms with van der Waals surface area (Å²) in [5.41, 5.74) is 4.57. The zero-order chi connectivity index (χ0) is 13.3. The maximum Gasteiger partial charge on any atom is 0.231 e. The first-order chi connectivity index (χ1) is 8.43. The Labute approximate surface area is 105 Å². The fraction of sp³-hybridized carbons (Fsp3) is 0.462. The van der Waals surface area contributed by atoms with Crippen LogP contribution in [0.1, 0.15) is 36.2 Å². The van der Waals surface area contributed by atoms with E-state index in [4.69, 9.17) is 15.2 Å². The van der Waals surface area contributed by atoms with Crippen molar-refractivity contribution in [2.24, 2.45) is 5.73 Å². The first kappa shape index (κ1) is 12.8. The molecule has 0 spiro atoms. The Hall–Kier alpha value is -1.62. The molecule has 0 fully saturated rings. The van der Waals surface area contributed by atoms with Gasteiger partial charge in [-0.1, -0.05) is 0 Å². The molecule has 0 saturated heterocycles. The monoisotopic (exact) mass is 253 g/mol. The highest BCUT2D eigenvalue weighted by Crippen LogP contribution is 2.40. The van der Waals surface area contributed by atoms with E-state index >= 15 is 0 Å². The Bertz CT molecular complexity index is 480. The van der Waals surface area contributed by atoms with Crippen molar-refractivity contribution in [2.75, 3.05) is 13.3 Å².